The molecule has 1 aliphatic carbocycles. The lowest BCUT2D eigenvalue weighted by atomic mass is 9.67. The third kappa shape index (κ3) is 8.95. The van der Waals surface area contributed by atoms with E-state index in [1.165, 1.54) is 48.1 Å². The molecule has 7 rings (SSSR count). The van der Waals surface area contributed by atoms with Gasteiger partial charge in [0.1, 0.15) is 45.4 Å². The van der Waals surface area contributed by atoms with Crippen molar-refractivity contribution in [2.45, 2.75) is 126 Å². The molecule has 0 amide bonds. The summed E-state index contributed by atoms with van der Waals surface area (Å²) in [5.41, 5.74) is 5.57. The van der Waals surface area contributed by atoms with Crippen molar-refractivity contribution in [2.75, 3.05) is 0 Å². The van der Waals surface area contributed by atoms with E-state index in [-0.39, 0.29) is 22.4 Å². The number of rotatable bonds is 9. The van der Waals surface area contributed by atoms with Crippen molar-refractivity contribution in [3.05, 3.63) is 162 Å². The normalized spacial score (nSPS) is 13.8. The minimum atomic E-state index is -0.582. The highest BCUT2D eigenvalue weighted by Gasteiger charge is 2.47. The maximum atomic E-state index is 6.32. The van der Waals surface area contributed by atoms with Crippen molar-refractivity contribution >= 4 is 10.9 Å². The number of hydrogen-bond donors (Lipinski definition) is 0. The summed E-state index contributed by atoms with van der Waals surface area (Å²) in [6.07, 6.45) is 0. The minimum Gasteiger partial charge on any atom is -0.488 e. The van der Waals surface area contributed by atoms with E-state index < -0.39 is 16.3 Å². The van der Waals surface area contributed by atoms with Gasteiger partial charge in [-0.1, -0.05) is 54.6 Å². The Labute approximate surface area is 349 Å². The second kappa shape index (κ2) is 15.2. The van der Waals surface area contributed by atoms with E-state index in [2.05, 4.69) is 223 Å². The zero-order valence-electron chi connectivity index (χ0n) is 36.3. The van der Waals surface area contributed by atoms with Crippen LogP contribution < -0.4 is 18.9 Å². The van der Waals surface area contributed by atoms with E-state index in [0.29, 0.717) is 0 Å². The average molecular weight is 792 g/mol. The van der Waals surface area contributed by atoms with Crippen LogP contribution in [0.1, 0.15) is 105 Å². The summed E-state index contributed by atoms with van der Waals surface area (Å²) in [5.74, 6) is 3.42. The van der Waals surface area contributed by atoms with Gasteiger partial charge >= 0.3 is 0 Å². The van der Waals surface area contributed by atoms with E-state index >= 15 is 0 Å². The molecule has 1 aliphatic rings. The smallest absolute Gasteiger partial charge is 0.167 e. The number of ether oxygens (including phenoxy) is 4. The molecule has 6 aromatic carbocycles. The molecule has 0 heterocycles. The number of hydrogen-bond acceptors (Lipinski definition) is 4. The van der Waals surface area contributed by atoms with E-state index in [0.717, 1.165) is 23.0 Å². The molecule has 0 atom stereocenters. The van der Waals surface area contributed by atoms with Crippen LogP contribution >= 0.6 is 0 Å². The van der Waals surface area contributed by atoms with Gasteiger partial charge in [-0.2, -0.15) is 0 Å². The Balaban J connectivity index is 1.42. The molecule has 0 spiro atoms. The minimum absolute atomic E-state index is 0.286. The van der Waals surface area contributed by atoms with Crippen LogP contribution in [0.3, 0.4) is 0 Å². The highest BCUT2D eigenvalue weighted by atomic mass is 32.2. The monoisotopic (exact) mass is 791 g/mol. The molecule has 0 aliphatic heterocycles. The standard InChI is InChI=1S/C53H59O4S/c1-49(2,3)54-38-21-17-36(18-22-38)53(37-19-23-39(24-20-37)55-50(4,5)6)47-16-14-13-15-45(47)46-35-44(33-34-48(46)53)58(42-29-25-40(26-30-42)56-51(7,8)9)43-31-27-41(28-32-43)57-52(10,11)12/h13-35H,1-12H3/q+1. The third-order valence-corrected chi connectivity index (χ3v) is 11.9. The zero-order valence-corrected chi connectivity index (χ0v) is 37.1. The lowest BCUT2D eigenvalue weighted by Gasteiger charge is -2.34. The highest BCUT2D eigenvalue weighted by molar-refractivity contribution is 7.97. The average Bonchev–Trinajstić information content (AvgIpc) is 3.42. The molecule has 4 nitrogen and oxygen atoms in total. The van der Waals surface area contributed by atoms with Crippen LogP contribution in [0.4, 0.5) is 0 Å². The number of benzene rings is 6. The van der Waals surface area contributed by atoms with Crippen molar-refractivity contribution < 1.29 is 18.9 Å². The molecule has 5 heteroatoms. The summed E-state index contributed by atoms with van der Waals surface area (Å²) in [4.78, 5) is 3.67. The summed E-state index contributed by atoms with van der Waals surface area (Å²) in [5, 5.41) is 0. The Morgan fingerprint density at radius 2 is 0.672 bits per heavy atom. The van der Waals surface area contributed by atoms with E-state index in [9.17, 15) is 0 Å². The molecule has 0 aromatic heterocycles. The Morgan fingerprint density at radius 3 is 1.05 bits per heavy atom. The fourth-order valence-corrected chi connectivity index (χ4v) is 9.91. The predicted octanol–water partition coefficient (Wildman–Crippen LogP) is 13.9. The van der Waals surface area contributed by atoms with Gasteiger partial charge in [0.05, 0.1) is 16.3 Å². The quantitative estimate of drug-likeness (QED) is 0.136. The lowest BCUT2D eigenvalue weighted by Crippen LogP contribution is -2.29. The van der Waals surface area contributed by atoms with Gasteiger partial charge in [-0.05, 0) is 195 Å². The predicted molar refractivity (Wildman–Crippen MR) is 240 cm³/mol. The molecule has 0 bridgehead atoms. The Morgan fingerprint density at radius 1 is 0.345 bits per heavy atom. The second-order valence-corrected chi connectivity index (χ2v) is 21.2. The molecule has 0 radical (unpaired) electrons. The van der Waals surface area contributed by atoms with Crippen LogP contribution in [0.15, 0.2) is 154 Å². The zero-order chi connectivity index (χ0) is 41.7. The van der Waals surface area contributed by atoms with Crippen molar-refractivity contribution in [3.8, 4) is 34.1 Å². The molecular weight excluding hydrogens is 733 g/mol. The van der Waals surface area contributed by atoms with Crippen LogP contribution in [-0.4, -0.2) is 22.4 Å². The first-order valence-electron chi connectivity index (χ1n) is 20.3. The van der Waals surface area contributed by atoms with Gasteiger partial charge in [0, 0.05) is 6.07 Å². The summed E-state index contributed by atoms with van der Waals surface area (Å²) in [6, 6.07) is 50.8. The van der Waals surface area contributed by atoms with Crippen LogP contribution in [0.5, 0.6) is 23.0 Å². The molecule has 0 unspecified atom stereocenters. The van der Waals surface area contributed by atoms with Crippen LogP contribution in [-0.2, 0) is 16.3 Å². The fraction of sp³-hybridized carbons (Fsp3) is 0.321. The van der Waals surface area contributed by atoms with Crippen molar-refractivity contribution in [2.24, 2.45) is 0 Å². The van der Waals surface area contributed by atoms with Gasteiger partial charge in [0.15, 0.2) is 14.7 Å². The van der Waals surface area contributed by atoms with Gasteiger partial charge in [-0.25, -0.2) is 0 Å². The maximum absolute atomic E-state index is 6.32. The van der Waals surface area contributed by atoms with Crippen LogP contribution in [0.25, 0.3) is 11.1 Å². The lowest BCUT2D eigenvalue weighted by molar-refractivity contribution is 0.130. The molecule has 0 N–H and O–H groups in total. The number of fused-ring (bicyclic) bond motifs is 3. The Hall–Kier alpha value is -5.13. The van der Waals surface area contributed by atoms with Crippen molar-refractivity contribution in [1.82, 2.24) is 0 Å². The first-order chi connectivity index (χ1) is 27.2. The van der Waals surface area contributed by atoms with Gasteiger partial charge < -0.3 is 18.9 Å². The van der Waals surface area contributed by atoms with E-state index in [1.807, 2.05) is 0 Å². The van der Waals surface area contributed by atoms with E-state index in [1.54, 1.807) is 0 Å². The largest absolute Gasteiger partial charge is 0.488 e. The van der Waals surface area contributed by atoms with Crippen LogP contribution in [0, 0.1) is 0 Å². The highest BCUT2D eigenvalue weighted by Crippen LogP contribution is 2.57. The molecule has 6 aromatic rings. The van der Waals surface area contributed by atoms with Gasteiger partial charge in [-0.15, -0.1) is 0 Å². The summed E-state index contributed by atoms with van der Waals surface area (Å²) >= 11 is 0. The fourth-order valence-electron chi connectivity index (χ4n) is 7.83. The third-order valence-electron chi connectivity index (χ3n) is 9.64. The molecule has 300 valence electrons. The molecule has 58 heavy (non-hydrogen) atoms. The molecular formula is C53H59O4S+. The van der Waals surface area contributed by atoms with Crippen molar-refractivity contribution in [1.29, 1.82) is 0 Å². The summed E-state index contributed by atoms with van der Waals surface area (Å²) in [6.45, 7) is 25.0. The topological polar surface area (TPSA) is 36.9 Å². The first-order valence-corrected chi connectivity index (χ1v) is 21.6. The van der Waals surface area contributed by atoms with Crippen molar-refractivity contribution in [3.63, 3.8) is 0 Å². The van der Waals surface area contributed by atoms with Crippen LogP contribution in [0.2, 0.25) is 0 Å². The van der Waals surface area contributed by atoms with Gasteiger partial charge in [0.2, 0.25) is 0 Å². The van der Waals surface area contributed by atoms with E-state index in [4.69, 9.17) is 18.9 Å². The SMILES string of the molecule is CC(C)(C)Oc1ccc([S+](c2ccc(OC(C)(C)C)cc2)c2ccc3c(c2)-c2ccccc2C3(c2ccc(OC(C)(C)C)cc2)c2ccc(OC(C)(C)C)cc2)cc1. The Kier molecular flexibility index (Phi) is 10.8. The molecule has 0 saturated carbocycles. The van der Waals surface area contributed by atoms with Gasteiger partial charge in [0.25, 0.3) is 0 Å². The Bertz CT molecular complexity index is 2230. The maximum Gasteiger partial charge on any atom is 0.167 e. The second-order valence-electron chi connectivity index (χ2n) is 19.2. The summed E-state index contributed by atoms with van der Waals surface area (Å²) in [7, 11) is -0.430. The molecule has 0 saturated heterocycles. The first kappa shape index (κ1) is 41.0. The molecule has 0 fully saturated rings. The summed E-state index contributed by atoms with van der Waals surface area (Å²) < 4.78 is 25.1. The van der Waals surface area contributed by atoms with Gasteiger partial charge in [-0.3, -0.25) is 0 Å².